The molecule has 1 N–H and O–H groups in total. The number of hydrogen-bond acceptors (Lipinski definition) is 5. The molecule has 7 nitrogen and oxygen atoms in total. The van der Waals surface area contributed by atoms with Crippen LogP contribution in [0.25, 0.3) is 0 Å². The summed E-state index contributed by atoms with van der Waals surface area (Å²) >= 11 is 0. The summed E-state index contributed by atoms with van der Waals surface area (Å²) in [5.74, 6) is 0.963. The highest BCUT2D eigenvalue weighted by molar-refractivity contribution is 5.95. The number of amides is 2. The Morgan fingerprint density at radius 3 is 2.17 bits per heavy atom. The Morgan fingerprint density at radius 2 is 1.57 bits per heavy atom. The number of carbonyl (C=O) groups excluding carboxylic acids is 2. The van der Waals surface area contributed by atoms with Crippen LogP contribution in [0.1, 0.15) is 16.7 Å². The number of benzene rings is 2. The average Bonchev–Trinajstić information content (AvgIpc) is 2.70. The number of rotatable bonds is 9. The first-order valence-corrected chi connectivity index (χ1v) is 9.74. The second kappa shape index (κ2) is 10.6. The van der Waals surface area contributed by atoms with Gasteiger partial charge in [0.15, 0.2) is 11.5 Å². The van der Waals surface area contributed by atoms with Crippen LogP contribution in [0.4, 0.5) is 5.69 Å². The second-order valence-corrected chi connectivity index (χ2v) is 7.43. The fourth-order valence-electron chi connectivity index (χ4n) is 3.19. The second-order valence-electron chi connectivity index (χ2n) is 7.43. The van der Waals surface area contributed by atoms with Gasteiger partial charge >= 0.3 is 0 Å². The first-order chi connectivity index (χ1) is 14.2. The number of anilines is 1. The minimum Gasteiger partial charge on any atom is -0.493 e. The number of nitrogens with one attached hydrogen (secondary N) is 1. The molecular weight excluding hydrogens is 382 g/mol. The molecule has 0 aliphatic rings. The standard InChI is InChI=1S/C23H31N3O4/c1-16-8-7-9-17(2)23(16)24-21(27)14-26(4)22(28)15-25(3)13-18-10-11-19(29-5)20(12-18)30-6/h7-12H,13-15H2,1-6H3,(H,24,27). The van der Waals surface area contributed by atoms with Crippen molar-refractivity contribution in [1.82, 2.24) is 9.80 Å². The zero-order valence-electron chi connectivity index (χ0n) is 18.6. The Hall–Kier alpha value is -3.06. The minimum absolute atomic E-state index is 0.00317. The molecule has 0 atom stereocenters. The van der Waals surface area contributed by atoms with E-state index < -0.39 is 0 Å². The molecule has 0 bridgehead atoms. The van der Waals surface area contributed by atoms with Crippen LogP contribution in [0.3, 0.4) is 0 Å². The molecule has 0 spiro atoms. The number of carbonyl (C=O) groups is 2. The van der Waals surface area contributed by atoms with Gasteiger partial charge in [-0.15, -0.1) is 0 Å². The third-order valence-electron chi connectivity index (χ3n) is 4.86. The lowest BCUT2D eigenvalue weighted by molar-refractivity contribution is -0.134. The maximum atomic E-state index is 12.5. The maximum absolute atomic E-state index is 12.5. The molecule has 0 fully saturated rings. The van der Waals surface area contributed by atoms with Gasteiger partial charge in [0.2, 0.25) is 11.8 Å². The summed E-state index contributed by atoms with van der Waals surface area (Å²) in [6, 6.07) is 11.5. The minimum atomic E-state index is -0.217. The Kier molecular flexibility index (Phi) is 8.24. The summed E-state index contributed by atoms with van der Waals surface area (Å²) in [5, 5.41) is 2.91. The van der Waals surface area contributed by atoms with Crippen molar-refractivity contribution in [3.63, 3.8) is 0 Å². The number of methoxy groups -OCH3 is 2. The Labute approximate surface area is 178 Å². The van der Waals surface area contributed by atoms with Gasteiger partial charge in [0.1, 0.15) is 0 Å². The first-order valence-electron chi connectivity index (χ1n) is 9.74. The van der Waals surface area contributed by atoms with Crippen LogP contribution in [0.15, 0.2) is 36.4 Å². The fourth-order valence-corrected chi connectivity index (χ4v) is 3.19. The topological polar surface area (TPSA) is 71.1 Å². The predicted octanol–water partition coefficient (Wildman–Crippen LogP) is 2.85. The fraction of sp³-hybridized carbons (Fsp3) is 0.391. The number of likely N-dealkylation sites (N-methyl/N-ethyl adjacent to an activating group) is 2. The van der Waals surface area contributed by atoms with Crippen molar-refractivity contribution in [2.45, 2.75) is 20.4 Å². The highest BCUT2D eigenvalue weighted by Crippen LogP contribution is 2.27. The number of para-hydroxylation sites is 1. The van der Waals surface area contributed by atoms with Crippen molar-refractivity contribution >= 4 is 17.5 Å². The van der Waals surface area contributed by atoms with Crippen LogP contribution in [0, 0.1) is 13.8 Å². The molecular formula is C23H31N3O4. The zero-order chi connectivity index (χ0) is 22.3. The maximum Gasteiger partial charge on any atom is 0.243 e. The van der Waals surface area contributed by atoms with Crippen LogP contribution >= 0.6 is 0 Å². The molecule has 0 aliphatic heterocycles. The lowest BCUT2D eigenvalue weighted by atomic mass is 10.1. The van der Waals surface area contributed by atoms with Gasteiger partial charge in [-0.05, 0) is 49.7 Å². The van der Waals surface area contributed by atoms with E-state index in [0.29, 0.717) is 18.0 Å². The van der Waals surface area contributed by atoms with Gasteiger partial charge < -0.3 is 19.7 Å². The summed E-state index contributed by atoms with van der Waals surface area (Å²) in [6.07, 6.45) is 0. The van der Waals surface area contributed by atoms with E-state index in [9.17, 15) is 9.59 Å². The highest BCUT2D eigenvalue weighted by atomic mass is 16.5. The van der Waals surface area contributed by atoms with Gasteiger partial charge in [-0.1, -0.05) is 24.3 Å². The van der Waals surface area contributed by atoms with Crippen molar-refractivity contribution in [3.8, 4) is 11.5 Å². The molecule has 0 heterocycles. The molecule has 2 amide bonds. The van der Waals surface area contributed by atoms with Gasteiger partial charge in [-0.25, -0.2) is 0 Å². The van der Waals surface area contributed by atoms with E-state index in [1.54, 1.807) is 21.3 Å². The van der Waals surface area contributed by atoms with E-state index in [1.807, 2.05) is 62.2 Å². The molecule has 0 saturated heterocycles. The van der Waals surface area contributed by atoms with E-state index in [4.69, 9.17) is 9.47 Å². The molecule has 0 aliphatic carbocycles. The van der Waals surface area contributed by atoms with Crippen molar-refractivity contribution in [1.29, 1.82) is 0 Å². The lowest BCUT2D eigenvalue weighted by Crippen LogP contribution is -2.40. The van der Waals surface area contributed by atoms with Crippen LogP contribution in [-0.2, 0) is 16.1 Å². The molecule has 30 heavy (non-hydrogen) atoms. The molecule has 2 aromatic carbocycles. The van der Waals surface area contributed by atoms with Gasteiger partial charge in [-0.2, -0.15) is 0 Å². The lowest BCUT2D eigenvalue weighted by Gasteiger charge is -2.22. The Balaban J connectivity index is 1.89. The monoisotopic (exact) mass is 413 g/mol. The van der Waals surface area contributed by atoms with Gasteiger partial charge in [0.05, 0.1) is 27.3 Å². The van der Waals surface area contributed by atoms with Gasteiger partial charge in [-0.3, -0.25) is 14.5 Å². The zero-order valence-corrected chi connectivity index (χ0v) is 18.6. The number of nitrogens with zero attached hydrogens (tertiary/aromatic N) is 2. The van der Waals surface area contributed by atoms with E-state index in [2.05, 4.69) is 5.32 Å². The Bertz CT molecular complexity index is 878. The molecule has 2 aromatic rings. The number of hydrogen-bond donors (Lipinski definition) is 1. The summed E-state index contributed by atoms with van der Waals surface area (Å²) in [7, 11) is 6.68. The molecule has 7 heteroatoms. The third-order valence-corrected chi connectivity index (χ3v) is 4.86. The number of ether oxygens (including phenoxy) is 2. The van der Waals surface area contributed by atoms with E-state index in [0.717, 1.165) is 22.4 Å². The SMILES string of the molecule is COc1ccc(CN(C)CC(=O)N(C)CC(=O)Nc2c(C)cccc2C)cc1OC. The average molecular weight is 414 g/mol. The molecule has 0 radical (unpaired) electrons. The third kappa shape index (κ3) is 6.22. The first kappa shape index (κ1) is 23.2. The van der Waals surface area contributed by atoms with Crippen molar-refractivity contribution < 1.29 is 19.1 Å². The largest absolute Gasteiger partial charge is 0.493 e. The molecule has 0 aromatic heterocycles. The molecule has 0 unspecified atom stereocenters. The molecule has 2 rings (SSSR count). The quantitative estimate of drug-likeness (QED) is 0.685. The molecule has 0 saturated carbocycles. The van der Waals surface area contributed by atoms with Crippen molar-refractivity contribution in [2.75, 3.05) is 46.7 Å². The van der Waals surface area contributed by atoms with Crippen LogP contribution in [0.5, 0.6) is 11.5 Å². The highest BCUT2D eigenvalue weighted by Gasteiger charge is 2.16. The van der Waals surface area contributed by atoms with Crippen LogP contribution in [0.2, 0.25) is 0 Å². The van der Waals surface area contributed by atoms with Crippen molar-refractivity contribution in [2.24, 2.45) is 0 Å². The summed E-state index contributed by atoms with van der Waals surface area (Å²) in [6.45, 7) is 4.65. The van der Waals surface area contributed by atoms with E-state index in [1.165, 1.54) is 4.90 Å². The number of aryl methyl sites for hydroxylation is 2. The smallest absolute Gasteiger partial charge is 0.243 e. The van der Waals surface area contributed by atoms with E-state index >= 15 is 0 Å². The normalized spacial score (nSPS) is 10.6. The summed E-state index contributed by atoms with van der Waals surface area (Å²) < 4.78 is 10.6. The summed E-state index contributed by atoms with van der Waals surface area (Å²) in [4.78, 5) is 28.3. The van der Waals surface area contributed by atoms with Crippen LogP contribution in [-0.4, -0.2) is 63.0 Å². The van der Waals surface area contributed by atoms with Crippen LogP contribution < -0.4 is 14.8 Å². The van der Waals surface area contributed by atoms with E-state index in [-0.39, 0.29) is 24.9 Å². The van der Waals surface area contributed by atoms with Crippen molar-refractivity contribution in [3.05, 3.63) is 53.1 Å². The Morgan fingerprint density at radius 1 is 0.933 bits per heavy atom. The molecule has 162 valence electrons. The summed E-state index contributed by atoms with van der Waals surface area (Å²) in [5.41, 5.74) is 3.78. The predicted molar refractivity (Wildman–Crippen MR) is 118 cm³/mol. The van der Waals surface area contributed by atoms with Gasteiger partial charge in [0, 0.05) is 19.3 Å². The van der Waals surface area contributed by atoms with Gasteiger partial charge in [0.25, 0.3) is 0 Å².